The third kappa shape index (κ3) is 5.12. The van der Waals surface area contributed by atoms with Crippen molar-refractivity contribution in [3.63, 3.8) is 0 Å². The number of carbonyl (C=O) groups is 1. The summed E-state index contributed by atoms with van der Waals surface area (Å²) < 4.78 is 0. The molecule has 4 rings (SSSR count). The number of aromatic hydroxyl groups is 2. The molecule has 3 aromatic rings. The van der Waals surface area contributed by atoms with Gasteiger partial charge in [-0.05, 0) is 78.3 Å². The topological polar surface area (TPSA) is 108 Å². The average molecular weight is 446 g/mol. The summed E-state index contributed by atoms with van der Waals surface area (Å²) >= 11 is 0. The quantitative estimate of drug-likeness (QED) is 0.396. The van der Waals surface area contributed by atoms with E-state index in [1.165, 1.54) is 0 Å². The van der Waals surface area contributed by atoms with Crippen LogP contribution in [0.4, 0.5) is 5.69 Å². The van der Waals surface area contributed by atoms with Gasteiger partial charge in [-0.25, -0.2) is 0 Å². The molecule has 0 bridgehead atoms. The van der Waals surface area contributed by atoms with E-state index in [0.29, 0.717) is 19.4 Å². The highest BCUT2D eigenvalue weighted by molar-refractivity contribution is 5.83. The molecule has 6 nitrogen and oxygen atoms in total. The number of anilines is 1. The van der Waals surface area contributed by atoms with Gasteiger partial charge in [0.05, 0.1) is 12.1 Å². The SMILES string of the molecule is Cc1cc(O)cc(C)c1CC(N)C(=O)NC1CCNc2cc(O)c(Cc3ccccc3)cc21. The fourth-order valence-corrected chi connectivity index (χ4v) is 4.59. The summed E-state index contributed by atoms with van der Waals surface area (Å²) in [5.74, 6) is 0.247. The molecule has 6 N–H and O–H groups in total. The van der Waals surface area contributed by atoms with Crippen molar-refractivity contribution in [1.29, 1.82) is 0 Å². The molecule has 172 valence electrons. The highest BCUT2D eigenvalue weighted by Gasteiger charge is 2.26. The first-order valence-corrected chi connectivity index (χ1v) is 11.3. The Bertz CT molecular complexity index is 1140. The van der Waals surface area contributed by atoms with Crippen molar-refractivity contribution in [2.24, 2.45) is 5.73 Å². The summed E-state index contributed by atoms with van der Waals surface area (Å²) in [6.45, 7) is 4.52. The molecular weight excluding hydrogens is 414 g/mol. The highest BCUT2D eigenvalue weighted by Crippen LogP contribution is 2.36. The molecule has 0 radical (unpaired) electrons. The second-order valence-corrected chi connectivity index (χ2v) is 8.88. The van der Waals surface area contributed by atoms with Gasteiger partial charge in [0.2, 0.25) is 5.91 Å². The molecule has 1 aliphatic rings. The molecule has 0 saturated carbocycles. The first kappa shape index (κ1) is 22.7. The fourth-order valence-electron chi connectivity index (χ4n) is 4.59. The molecule has 1 heterocycles. The number of nitrogens with two attached hydrogens (primary N) is 1. The molecule has 33 heavy (non-hydrogen) atoms. The maximum Gasteiger partial charge on any atom is 0.237 e. The normalized spacial score (nSPS) is 15.9. The second kappa shape index (κ2) is 9.55. The van der Waals surface area contributed by atoms with Crippen molar-refractivity contribution >= 4 is 11.6 Å². The lowest BCUT2D eigenvalue weighted by atomic mass is 9.92. The highest BCUT2D eigenvalue weighted by atomic mass is 16.3. The Kier molecular flexibility index (Phi) is 6.56. The first-order valence-electron chi connectivity index (χ1n) is 11.3. The molecule has 0 saturated heterocycles. The molecule has 0 aliphatic carbocycles. The van der Waals surface area contributed by atoms with E-state index in [1.807, 2.05) is 50.2 Å². The van der Waals surface area contributed by atoms with E-state index in [1.54, 1.807) is 18.2 Å². The zero-order valence-corrected chi connectivity index (χ0v) is 19.1. The number of hydrogen-bond donors (Lipinski definition) is 5. The van der Waals surface area contributed by atoms with Crippen molar-refractivity contribution in [1.82, 2.24) is 5.32 Å². The van der Waals surface area contributed by atoms with E-state index in [2.05, 4.69) is 10.6 Å². The molecular formula is C27H31N3O3. The Hall–Kier alpha value is -3.51. The maximum atomic E-state index is 13.0. The minimum Gasteiger partial charge on any atom is -0.508 e. The lowest BCUT2D eigenvalue weighted by Crippen LogP contribution is -2.44. The number of carbonyl (C=O) groups excluding carboxylic acids is 1. The molecule has 1 aliphatic heterocycles. The molecule has 2 atom stereocenters. The Morgan fingerprint density at radius 1 is 1.12 bits per heavy atom. The summed E-state index contributed by atoms with van der Waals surface area (Å²) in [4.78, 5) is 13.0. The van der Waals surface area contributed by atoms with Crippen LogP contribution in [-0.2, 0) is 17.6 Å². The summed E-state index contributed by atoms with van der Waals surface area (Å²) in [6, 6.07) is 16.2. The molecule has 1 amide bonds. The Morgan fingerprint density at radius 3 is 2.52 bits per heavy atom. The summed E-state index contributed by atoms with van der Waals surface area (Å²) in [5.41, 5.74) is 12.8. The minimum atomic E-state index is -0.703. The van der Waals surface area contributed by atoms with Gasteiger partial charge < -0.3 is 26.6 Å². The van der Waals surface area contributed by atoms with Gasteiger partial charge in [0.1, 0.15) is 11.5 Å². The molecule has 0 fully saturated rings. The molecule has 0 spiro atoms. The number of nitrogens with one attached hydrogen (secondary N) is 2. The minimum absolute atomic E-state index is 0.183. The Labute approximate surface area is 194 Å². The van der Waals surface area contributed by atoms with E-state index < -0.39 is 6.04 Å². The van der Waals surface area contributed by atoms with E-state index in [0.717, 1.165) is 45.5 Å². The van der Waals surface area contributed by atoms with Crippen LogP contribution in [0.2, 0.25) is 0 Å². The van der Waals surface area contributed by atoms with Gasteiger partial charge in [-0.15, -0.1) is 0 Å². The van der Waals surface area contributed by atoms with E-state index in [-0.39, 0.29) is 23.4 Å². The van der Waals surface area contributed by atoms with Gasteiger partial charge >= 0.3 is 0 Å². The van der Waals surface area contributed by atoms with Crippen LogP contribution >= 0.6 is 0 Å². The molecule has 6 heteroatoms. The maximum absolute atomic E-state index is 13.0. The molecule has 2 unspecified atom stereocenters. The van der Waals surface area contributed by atoms with Crippen LogP contribution in [0.1, 0.15) is 45.8 Å². The Balaban J connectivity index is 1.51. The van der Waals surface area contributed by atoms with E-state index in [4.69, 9.17) is 5.73 Å². The van der Waals surface area contributed by atoms with Gasteiger partial charge in [-0.1, -0.05) is 30.3 Å². The number of amides is 1. The predicted molar refractivity (Wildman–Crippen MR) is 131 cm³/mol. The monoisotopic (exact) mass is 445 g/mol. The lowest BCUT2D eigenvalue weighted by Gasteiger charge is -2.29. The molecule has 0 aromatic heterocycles. The van der Waals surface area contributed by atoms with Crippen molar-refractivity contribution in [3.8, 4) is 11.5 Å². The lowest BCUT2D eigenvalue weighted by molar-refractivity contribution is -0.123. The standard InChI is InChI=1S/C27H31N3O3/c1-16-10-20(31)11-17(2)21(16)14-23(28)27(33)30-24-8-9-29-25-15-26(32)19(13-22(24)25)12-18-6-4-3-5-7-18/h3-7,10-11,13,15,23-24,29,31-32H,8-9,12,14,28H2,1-2H3,(H,30,33). The van der Waals surface area contributed by atoms with Crippen LogP contribution < -0.4 is 16.4 Å². The number of phenolic OH excluding ortho intramolecular Hbond substituents is 2. The van der Waals surface area contributed by atoms with Gasteiger partial charge in [0.15, 0.2) is 0 Å². The van der Waals surface area contributed by atoms with Crippen molar-refractivity contribution in [3.05, 3.63) is 88.0 Å². The largest absolute Gasteiger partial charge is 0.508 e. The number of benzene rings is 3. The third-order valence-electron chi connectivity index (χ3n) is 6.37. The van der Waals surface area contributed by atoms with Crippen LogP contribution in [-0.4, -0.2) is 28.7 Å². The Morgan fingerprint density at radius 2 is 1.82 bits per heavy atom. The summed E-state index contributed by atoms with van der Waals surface area (Å²) in [6.07, 6.45) is 1.74. The summed E-state index contributed by atoms with van der Waals surface area (Å²) in [5, 5.41) is 26.8. The molecule has 3 aromatic carbocycles. The van der Waals surface area contributed by atoms with Gasteiger partial charge in [-0.3, -0.25) is 4.79 Å². The van der Waals surface area contributed by atoms with E-state index in [9.17, 15) is 15.0 Å². The average Bonchev–Trinajstić information content (AvgIpc) is 2.77. The van der Waals surface area contributed by atoms with E-state index >= 15 is 0 Å². The van der Waals surface area contributed by atoms with Crippen LogP contribution in [0, 0.1) is 13.8 Å². The van der Waals surface area contributed by atoms with Crippen LogP contribution in [0.5, 0.6) is 11.5 Å². The zero-order chi connectivity index (χ0) is 23.5. The first-order chi connectivity index (χ1) is 15.8. The van der Waals surface area contributed by atoms with Crippen molar-refractivity contribution in [2.45, 2.75) is 45.2 Å². The van der Waals surface area contributed by atoms with Crippen LogP contribution in [0.25, 0.3) is 0 Å². The summed E-state index contributed by atoms with van der Waals surface area (Å²) in [7, 11) is 0. The van der Waals surface area contributed by atoms with Crippen molar-refractivity contribution < 1.29 is 15.0 Å². The van der Waals surface area contributed by atoms with Gasteiger partial charge in [0.25, 0.3) is 0 Å². The number of rotatable bonds is 6. The third-order valence-corrected chi connectivity index (χ3v) is 6.37. The number of aryl methyl sites for hydroxylation is 2. The van der Waals surface area contributed by atoms with Crippen molar-refractivity contribution in [2.75, 3.05) is 11.9 Å². The smallest absolute Gasteiger partial charge is 0.237 e. The van der Waals surface area contributed by atoms with Gasteiger partial charge in [-0.2, -0.15) is 0 Å². The van der Waals surface area contributed by atoms with Gasteiger partial charge in [0, 0.05) is 24.7 Å². The fraction of sp³-hybridized carbons (Fsp3) is 0.296. The zero-order valence-electron chi connectivity index (χ0n) is 19.1. The second-order valence-electron chi connectivity index (χ2n) is 8.88. The number of hydrogen-bond acceptors (Lipinski definition) is 5. The predicted octanol–water partition coefficient (Wildman–Crippen LogP) is 3.85. The number of fused-ring (bicyclic) bond motifs is 1. The van der Waals surface area contributed by atoms with Crippen LogP contribution in [0.3, 0.4) is 0 Å². The van der Waals surface area contributed by atoms with Crippen LogP contribution in [0.15, 0.2) is 54.6 Å². The number of phenols is 2.